The number of esters is 1. The monoisotopic (exact) mass is 381 g/mol. The van der Waals surface area contributed by atoms with Crippen LogP contribution in [0.4, 0.5) is 17.4 Å². The number of ether oxygens (including phenoxy) is 1. The van der Waals surface area contributed by atoms with Crippen LogP contribution < -0.4 is 10.6 Å². The van der Waals surface area contributed by atoms with Crippen LogP contribution in [0.15, 0.2) is 46.9 Å². The molecule has 0 radical (unpaired) electrons. The lowest BCUT2D eigenvalue weighted by Gasteiger charge is -2.19. The first-order chi connectivity index (χ1) is 13.5. The highest BCUT2D eigenvalue weighted by Crippen LogP contribution is 2.30. The Morgan fingerprint density at radius 1 is 1.18 bits per heavy atom. The van der Waals surface area contributed by atoms with Gasteiger partial charge in [0.05, 0.1) is 5.69 Å². The second kappa shape index (κ2) is 8.56. The molecule has 0 aliphatic rings. The maximum absolute atomic E-state index is 12.8. The molecule has 28 heavy (non-hydrogen) atoms. The van der Waals surface area contributed by atoms with Gasteiger partial charge >= 0.3 is 12.0 Å². The fraction of sp³-hybridized carbons (Fsp3) is 0.286. The lowest BCUT2D eigenvalue weighted by atomic mass is 10.1. The minimum Gasteiger partial charge on any atom is -0.456 e. The van der Waals surface area contributed by atoms with Crippen LogP contribution in [0.3, 0.4) is 0 Å². The van der Waals surface area contributed by atoms with Gasteiger partial charge in [0.15, 0.2) is 12.2 Å². The predicted octanol–water partition coefficient (Wildman–Crippen LogP) is 3.98. The van der Waals surface area contributed by atoms with Crippen molar-refractivity contribution in [2.75, 3.05) is 17.2 Å². The zero-order chi connectivity index (χ0) is 20.1. The van der Waals surface area contributed by atoms with E-state index in [1.165, 1.54) is 17.4 Å². The molecule has 146 valence electrons. The maximum Gasteiger partial charge on any atom is 0.310 e. The number of carbonyl (C=O) groups excluding carboxylic acids is 2. The van der Waals surface area contributed by atoms with Crippen molar-refractivity contribution in [2.45, 2.75) is 33.1 Å². The van der Waals surface area contributed by atoms with Crippen LogP contribution in [-0.4, -0.2) is 23.5 Å². The summed E-state index contributed by atoms with van der Waals surface area (Å²) in [4.78, 5) is 29.6. The van der Waals surface area contributed by atoms with E-state index in [1.54, 1.807) is 18.2 Å². The van der Waals surface area contributed by atoms with E-state index in [0.29, 0.717) is 22.5 Å². The standard InChI is InChI=1S/C21H23N3O4/c1-3-4-5-15-6-9-17(10-7-15)24(20(26)13-27-14(2)25)21-23-18-12-16(22)8-11-19(18)28-21/h6-12H,3-5,13,22H2,1-2H3. The highest BCUT2D eigenvalue weighted by atomic mass is 16.5. The molecule has 3 aromatic rings. The van der Waals surface area contributed by atoms with E-state index in [-0.39, 0.29) is 6.01 Å². The van der Waals surface area contributed by atoms with E-state index in [1.807, 2.05) is 24.3 Å². The van der Waals surface area contributed by atoms with Crippen LogP contribution in [-0.2, 0) is 20.7 Å². The molecule has 0 atom stereocenters. The summed E-state index contributed by atoms with van der Waals surface area (Å²) in [6.07, 6.45) is 3.18. The van der Waals surface area contributed by atoms with Crippen molar-refractivity contribution in [1.29, 1.82) is 0 Å². The van der Waals surface area contributed by atoms with Crippen LogP contribution in [0, 0.1) is 0 Å². The Kier molecular flexibility index (Phi) is 5.93. The number of anilines is 3. The van der Waals surface area contributed by atoms with Crippen molar-refractivity contribution in [3.8, 4) is 0 Å². The molecule has 3 rings (SSSR count). The highest BCUT2D eigenvalue weighted by molar-refractivity contribution is 6.00. The number of unbranched alkanes of at least 4 members (excludes halogenated alkanes) is 1. The molecule has 7 heteroatoms. The molecule has 0 bridgehead atoms. The Morgan fingerprint density at radius 2 is 1.93 bits per heavy atom. The van der Waals surface area contributed by atoms with Crippen molar-refractivity contribution in [3.05, 3.63) is 48.0 Å². The average Bonchev–Trinajstić information content (AvgIpc) is 3.08. The third-order valence-corrected chi connectivity index (χ3v) is 4.25. The van der Waals surface area contributed by atoms with Gasteiger partial charge in [-0.05, 0) is 48.7 Å². The topological polar surface area (TPSA) is 98.7 Å². The number of rotatable bonds is 7. The molecule has 0 spiro atoms. The van der Waals surface area contributed by atoms with Gasteiger partial charge in [-0.2, -0.15) is 4.98 Å². The summed E-state index contributed by atoms with van der Waals surface area (Å²) in [6, 6.07) is 12.8. The van der Waals surface area contributed by atoms with Crippen molar-refractivity contribution in [3.63, 3.8) is 0 Å². The molecule has 0 saturated heterocycles. The van der Waals surface area contributed by atoms with Gasteiger partial charge in [-0.15, -0.1) is 0 Å². The van der Waals surface area contributed by atoms with E-state index in [0.717, 1.165) is 19.3 Å². The number of aromatic nitrogens is 1. The predicted molar refractivity (Wildman–Crippen MR) is 107 cm³/mol. The lowest BCUT2D eigenvalue weighted by molar-refractivity contribution is -0.145. The normalized spacial score (nSPS) is 10.8. The number of amides is 1. The van der Waals surface area contributed by atoms with Gasteiger partial charge in [0.1, 0.15) is 5.52 Å². The molecule has 0 aliphatic carbocycles. The summed E-state index contributed by atoms with van der Waals surface area (Å²) < 4.78 is 10.6. The molecule has 1 amide bonds. The largest absolute Gasteiger partial charge is 0.456 e. The van der Waals surface area contributed by atoms with Gasteiger partial charge in [0.25, 0.3) is 5.91 Å². The molecule has 1 aromatic heterocycles. The quantitative estimate of drug-likeness (QED) is 0.491. The second-order valence-electron chi connectivity index (χ2n) is 6.50. The minimum atomic E-state index is -0.534. The number of carbonyl (C=O) groups is 2. The van der Waals surface area contributed by atoms with E-state index in [9.17, 15) is 9.59 Å². The number of hydrogen-bond acceptors (Lipinski definition) is 6. The van der Waals surface area contributed by atoms with Crippen molar-refractivity contribution >= 4 is 40.4 Å². The molecule has 2 aromatic carbocycles. The minimum absolute atomic E-state index is 0.0964. The van der Waals surface area contributed by atoms with E-state index < -0.39 is 18.5 Å². The van der Waals surface area contributed by atoms with Gasteiger partial charge in [-0.3, -0.25) is 9.59 Å². The van der Waals surface area contributed by atoms with Crippen molar-refractivity contribution < 1.29 is 18.7 Å². The summed E-state index contributed by atoms with van der Waals surface area (Å²) in [5, 5.41) is 0. The van der Waals surface area contributed by atoms with Crippen LogP contribution >= 0.6 is 0 Å². The third kappa shape index (κ3) is 4.49. The van der Waals surface area contributed by atoms with Crippen LogP contribution in [0.1, 0.15) is 32.3 Å². The second-order valence-corrected chi connectivity index (χ2v) is 6.50. The molecule has 0 unspecified atom stereocenters. The van der Waals surface area contributed by atoms with Crippen LogP contribution in [0.2, 0.25) is 0 Å². The first-order valence-corrected chi connectivity index (χ1v) is 9.19. The lowest BCUT2D eigenvalue weighted by Crippen LogP contribution is -2.30. The van der Waals surface area contributed by atoms with Crippen LogP contribution in [0.5, 0.6) is 0 Å². The summed E-state index contributed by atoms with van der Waals surface area (Å²) in [7, 11) is 0. The Bertz CT molecular complexity index is 979. The average molecular weight is 381 g/mol. The van der Waals surface area contributed by atoms with E-state index in [4.69, 9.17) is 14.9 Å². The van der Waals surface area contributed by atoms with E-state index in [2.05, 4.69) is 11.9 Å². The van der Waals surface area contributed by atoms with Crippen LogP contribution in [0.25, 0.3) is 11.1 Å². The number of nitrogens with zero attached hydrogens (tertiary/aromatic N) is 2. The molecule has 2 N–H and O–H groups in total. The zero-order valence-corrected chi connectivity index (χ0v) is 16.0. The molecular weight excluding hydrogens is 358 g/mol. The number of hydrogen-bond donors (Lipinski definition) is 1. The van der Waals surface area contributed by atoms with E-state index >= 15 is 0 Å². The molecule has 0 saturated carbocycles. The number of fused-ring (bicyclic) bond motifs is 1. The summed E-state index contributed by atoms with van der Waals surface area (Å²) in [5.74, 6) is -0.996. The number of benzene rings is 2. The molecule has 7 nitrogen and oxygen atoms in total. The fourth-order valence-electron chi connectivity index (χ4n) is 2.81. The smallest absolute Gasteiger partial charge is 0.310 e. The zero-order valence-electron chi connectivity index (χ0n) is 16.0. The first kappa shape index (κ1) is 19.4. The molecular formula is C21H23N3O4. The molecule has 1 heterocycles. The number of nitrogens with two attached hydrogens (primary N) is 1. The Morgan fingerprint density at radius 3 is 2.61 bits per heavy atom. The molecule has 0 fully saturated rings. The SMILES string of the molecule is CCCCc1ccc(N(C(=O)COC(C)=O)c2nc3cc(N)ccc3o2)cc1. The third-order valence-electron chi connectivity index (χ3n) is 4.25. The van der Waals surface area contributed by atoms with Crippen molar-refractivity contribution in [2.24, 2.45) is 0 Å². The van der Waals surface area contributed by atoms with Gasteiger partial charge in [-0.25, -0.2) is 4.90 Å². The van der Waals surface area contributed by atoms with Gasteiger partial charge < -0.3 is 14.9 Å². The number of nitrogen functional groups attached to an aromatic ring is 1. The Labute approximate surface area is 163 Å². The Balaban J connectivity index is 1.96. The highest BCUT2D eigenvalue weighted by Gasteiger charge is 2.24. The summed E-state index contributed by atoms with van der Waals surface area (Å²) >= 11 is 0. The fourth-order valence-corrected chi connectivity index (χ4v) is 2.81. The maximum atomic E-state index is 12.8. The van der Waals surface area contributed by atoms with Crippen molar-refractivity contribution in [1.82, 2.24) is 4.98 Å². The number of aryl methyl sites for hydroxylation is 1. The summed E-state index contributed by atoms with van der Waals surface area (Å²) in [5.41, 5.74) is 9.16. The first-order valence-electron chi connectivity index (χ1n) is 9.19. The summed E-state index contributed by atoms with van der Waals surface area (Å²) in [6.45, 7) is 2.99. The van der Waals surface area contributed by atoms with Gasteiger partial charge in [-0.1, -0.05) is 25.5 Å². The molecule has 0 aliphatic heterocycles. The number of oxazole rings is 1. The Hall–Kier alpha value is -3.35. The van der Waals surface area contributed by atoms with Gasteiger partial charge in [0.2, 0.25) is 0 Å². The van der Waals surface area contributed by atoms with Gasteiger partial charge in [0, 0.05) is 12.6 Å².